The molecule has 0 radical (unpaired) electrons. The number of benzene rings is 7. The number of anilines is 8. The van der Waals surface area contributed by atoms with Gasteiger partial charge in [-0.2, -0.15) is 0 Å². The Hall–Kier alpha value is -5.78. The van der Waals surface area contributed by atoms with Crippen LogP contribution in [0.25, 0.3) is 0 Å². The summed E-state index contributed by atoms with van der Waals surface area (Å²) in [6.45, 7) is 29.1. The van der Waals surface area contributed by atoms with Crippen LogP contribution in [-0.4, -0.2) is 20.3 Å². The third-order valence-corrected chi connectivity index (χ3v) is 22.2. The van der Waals surface area contributed by atoms with Gasteiger partial charge in [-0.15, -0.1) is 0 Å². The topological polar surface area (TPSA) is 9.72 Å². The summed E-state index contributed by atoms with van der Waals surface area (Å²) in [5, 5.41) is 4.53. The van der Waals surface area contributed by atoms with E-state index in [9.17, 15) is 0 Å². The van der Waals surface area contributed by atoms with Crippen molar-refractivity contribution in [2.24, 2.45) is 0 Å². The van der Waals surface area contributed by atoms with Crippen LogP contribution >= 0.6 is 0 Å². The SMILES string of the molecule is CC(C)(C)c1ccc(N2c3cc(N4c5ccccc5C5(C)CCCCC45C)cc4c3B3c5c2cccc5[Si](C)(c2ccccc2)c2cccc(c23)N4c2cc(C(C)(C)C)cc(C(C)(C)C)c2)cc1. The highest BCUT2D eigenvalue weighted by Gasteiger charge is 2.59. The number of hydrogen-bond acceptors (Lipinski definition) is 3. The summed E-state index contributed by atoms with van der Waals surface area (Å²) >= 11 is 0. The van der Waals surface area contributed by atoms with Crippen LogP contribution in [0, 0.1) is 0 Å². The molecule has 7 aromatic carbocycles. The quantitative estimate of drug-likeness (QED) is 0.163. The molecule has 3 atom stereocenters. The Morgan fingerprint density at radius 3 is 1.54 bits per heavy atom. The first-order valence-electron chi connectivity index (χ1n) is 25.5. The molecule has 0 bridgehead atoms. The average Bonchev–Trinajstić information content (AvgIpc) is 3.52. The van der Waals surface area contributed by atoms with Crippen LogP contribution in [-0.2, 0) is 21.7 Å². The highest BCUT2D eigenvalue weighted by molar-refractivity contribution is 7.21. The van der Waals surface area contributed by atoms with E-state index in [0.29, 0.717) is 0 Å². The molecule has 68 heavy (non-hydrogen) atoms. The third kappa shape index (κ3) is 5.90. The van der Waals surface area contributed by atoms with Crippen molar-refractivity contribution in [3.8, 4) is 0 Å². The van der Waals surface area contributed by atoms with Gasteiger partial charge in [0.15, 0.2) is 0 Å². The van der Waals surface area contributed by atoms with Crippen LogP contribution < -0.4 is 46.6 Å². The molecular weight excluding hydrogens is 838 g/mol. The fourth-order valence-electron chi connectivity index (χ4n) is 13.7. The zero-order chi connectivity index (χ0) is 47.5. The largest absolute Gasteiger partial charge is 0.334 e. The standard InChI is InChI=1S/C63H68BN3Si/c1-59(2,3)41-30-32-44(33-31-41)65-50-26-20-28-54-57(50)64-56-52(65)39-46(67-49-25-17-16-24-48(49)62(10)34-18-19-35-63(62,67)11)40-53(56)66(45-37-42(60(4,5)6)36-43(38-45)61(7,8)9)51-27-21-29-55(58(51)64)68(54,12)47-22-14-13-15-23-47/h13-17,20-33,36-40H,18-19,34-35H2,1-12H3. The van der Waals surface area contributed by atoms with Crippen molar-refractivity contribution in [2.75, 3.05) is 14.7 Å². The molecule has 3 unspecified atom stereocenters. The maximum absolute atomic E-state index is 2.81. The zero-order valence-electron chi connectivity index (χ0n) is 42.6. The highest BCUT2D eigenvalue weighted by atomic mass is 28.3. The smallest absolute Gasteiger partial charge is 0.251 e. The van der Waals surface area contributed by atoms with E-state index in [4.69, 9.17) is 0 Å². The van der Waals surface area contributed by atoms with Gasteiger partial charge in [0, 0.05) is 50.9 Å². The molecule has 1 saturated carbocycles. The Morgan fingerprint density at radius 1 is 0.456 bits per heavy atom. The molecule has 0 spiro atoms. The van der Waals surface area contributed by atoms with E-state index in [0.717, 1.165) is 6.42 Å². The van der Waals surface area contributed by atoms with Crippen LogP contribution in [0.3, 0.4) is 0 Å². The molecule has 3 nitrogen and oxygen atoms in total. The summed E-state index contributed by atoms with van der Waals surface area (Å²) in [5.41, 5.74) is 20.2. The van der Waals surface area contributed by atoms with Gasteiger partial charge in [0.1, 0.15) is 8.07 Å². The zero-order valence-corrected chi connectivity index (χ0v) is 43.6. The monoisotopic (exact) mass is 906 g/mol. The number of nitrogens with zero attached hydrogens (tertiary/aromatic N) is 3. The molecule has 0 aromatic heterocycles. The van der Waals surface area contributed by atoms with Crippen molar-refractivity contribution in [1.29, 1.82) is 0 Å². The molecule has 1 fully saturated rings. The van der Waals surface area contributed by atoms with Crippen molar-refractivity contribution in [2.45, 2.75) is 136 Å². The van der Waals surface area contributed by atoms with Gasteiger partial charge >= 0.3 is 0 Å². The molecule has 0 N–H and O–H groups in total. The van der Waals surface area contributed by atoms with Gasteiger partial charge in [0.25, 0.3) is 6.71 Å². The van der Waals surface area contributed by atoms with Crippen molar-refractivity contribution < 1.29 is 0 Å². The van der Waals surface area contributed by atoms with Gasteiger partial charge in [-0.25, -0.2) is 0 Å². The molecule has 4 aliphatic heterocycles. The van der Waals surface area contributed by atoms with Crippen molar-refractivity contribution in [3.63, 3.8) is 0 Å². The second-order valence-corrected chi connectivity index (χ2v) is 28.6. The minimum atomic E-state index is -2.58. The fourth-order valence-corrected chi connectivity index (χ4v) is 17.9. The minimum Gasteiger partial charge on any atom is -0.334 e. The van der Waals surface area contributed by atoms with E-state index in [1.165, 1.54) is 119 Å². The summed E-state index contributed by atoms with van der Waals surface area (Å²) in [7, 11) is -2.58. The third-order valence-electron chi connectivity index (χ3n) is 17.7. The first-order valence-corrected chi connectivity index (χ1v) is 28.0. The van der Waals surface area contributed by atoms with E-state index >= 15 is 0 Å². The first-order chi connectivity index (χ1) is 32.2. The lowest BCUT2D eigenvalue weighted by Gasteiger charge is -2.52. The summed E-state index contributed by atoms with van der Waals surface area (Å²) in [5.74, 6) is 0. The molecule has 7 aromatic rings. The predicted octanol–water partition coefficient (Wildman–Crippen LogP) is 12.8. The van der Waals surface area contributed by atoms with Crippen molar-refractivity contribution >= 4 is 92.2 Å². The fraction of sp³-hybridized carbons (Fsp3) is 0.333. The first kappa shape index (κ1) is 43.5. The molecule has 4 heterocycles. The van der Waals surface area contributed by atoms with Crippen LogP contribution in [0.1, 0.15) is 124 Å². The molecule has 1 aliphatic carbocycles. The molecule has 5 aliphatic rings. The van der Waals surface area contributed by atoms with Gasteiger partial charge in [0.2, 0.25) is 0 Å². The van der Waals surface area contributed by atoms with Crippen LogP contribution in [0.4, 0.5) is 45.5 Å². The van der Waals surface area contributed by atoms with Gasteiger partial charge in [0.05, 0.1) is 5.54 Å². The van der Waals surface area contributed by atoms with Crippen LogP contribution in [0.2, 0.25) is 6.55 Å². The average molecular weight is 906 g/mol. The maximum atomic E-state index is 2.81. The van der Waals surface area contributed by atoms with Gasteiger partial charge < -0.3 is 14.7 Å². The Kier molecular flexibility index (Phi) is 9.20. The Morgan fingerprint density at radius 2 is 0.971 bits per heavy atom. The lowest BCUT2D eigenvalue weighted by Crippen LogP contribution is -2.83. The molecule has 12 rings (SSSR count). The normalized spacial score (nSPS) is 22.2. The number of hydrogen-bond donors (Lipinski definition) is 0. The number of rotatable bonds is 4. The predicted molar refractivity (Wildman–Crippen MR) is 296 cm³/mol. The van der Waals surface area contributed by atoms with Crippen LogP contribution in [0.5, 0.6) is 0 Å². The van der Waals surface area contributed by atoms with Crippen molar-refractivity contribution in [3.05, 3.63) is 168 Å². The van der Waals surface area contributed by atoms with Crippen LogP contribution in [0.15, 0.2) is 146 Å². The molecule has 342 valence electrons. The second-order valence-electron chi connectivity index (χ2n) is 24.7. The van der Waals surface area contributed by atoms with E-state index in [1.807, 2.05) is 0 Å². The lowest BCUT2D eigenvalue weighted by molar-refractivity contribution is 0.195. The summed E-state index contributed by atoms with van der Waals surface area (Å²) in [4.78, 5) is 8.21. The molecular formula is C63H68BN3Si. The second kappa shape index (κ2) is 14.4. The molecule has 0 amide bonds. The lowest BCUT2D eigenvalue weighted by atomic mass is 9.33. The van der Waals surface area contributed by atoms with Gasteiger partial charge in [-0.3, -0.25) is 0 Å². The van der Waals surface area contributed by atoms with E-state index in [1.54, 1.807) is 0 Å². The number of para-hydroxylation sites is 1. The Labute approximate surface area is 408 Å². The summed E-state index contributed by atoms with van der Waals surface area (Å²) in [6, 6.07) is 58.0. The van der Waals surface area contributed by atoms with E-state index < -0.39 is 8.07 Å². The van der Waals surface area contributed by atoms with Crippen molar-refractivity contribution in [1.82, 2.24) is 0 Å². The molecule has 5 heteroatoms. The minimum absolute atomic E-state index is 0.0265. The van der Waals surface area contributed by atoms with Gasteiger partial charge in [-0.05, 0) is 134 Å². The Bertz CT molecular complexity index is 3180. The number of fused-ring (bicyclic) bond motifs is 3. The highest BCUT2D eigenvalue weighted by Crippen LogP contribution is 2.62. The Balaban J connectivity index is 1.24. The summed E-state index contributed by atoms with van der Waals surface area (Å²) < 4.78 is 0. The molecule has 0 saturated heterocycles. The summed E-state index contributed by atoms with van der Waals surface area (Å²) in [6.07, 6.45) is 4.85. The van der Waals surface area contributed by atoms with Gasteiger partial charge in [-0.1, -0.05) is 190 Å². The van der Waals surface area contributed by atoms with E-state index in [2.05, 4.69) is 243 Å². The van der Waals surface area contributed by atoms with E-state index in [-0.39, 0.29) is 33.9 Å². The maximum Gasteiger partial charge on any atom is 0.251 e.